The molecule has 0 aliphatic heterocycles. The van der Waals surface area contributed by atoms with Crippen molar-refractivity contribution in [3.63, 3.8) is 0 Å². The van der Waals surface area contributed by atoms with Gasteiger partial charge in [0.1, 0.15) is 13.1 Å². The zero-order valence-corrected chi connectivity index (χ0v) is 9.66. The molecule has 0 aromatic rings. The Morgan fingerprint density at radius 2 is 1.61 bits per heavy atom. The van der Waals surface area contributed by atoms with E-state index in [1.54, 1.807) is 0 Å². The average molecular weight is 262 g/mol. The summed E-state index contributed by atoms with van der Waals surface area (Å²) in [7, 11) is 0. The Labute approximate surface area is 102 Å². The van der Waals surface area contributed by atoms with Crippen LogP contribution in [-0.4, -0.2) is 64.7 Å². The lowest BCUT2D eigenvalue weighted by Gasteiger charge is -2.21. The normalized spacial score (nSPS) is 11.4. The van der Waals surface area contributed by atoms with Crippen LogP contribution in [0, 0.1) is 0 Å². The highest BCUT2D eigenvalue weighted by Gasteiger charge is 2.30. The Bertz CT molecular complexity index is 339. The Kier molecular flexibility index (Phi) is 6.35. The lowest BCUT2D eigenvalue weighted by Crippen LogP contribution is -2.51. The molecule has 0 radical (unpaired) electrons. The number of nitrogens with two attached hydrogens (primary N) is 1. The van der Waals surface area contributed by atoms with Crippen LogP contribution in [-0.2, 0) is 23.9 Å². The van der Waals surface area contributed by atoms with Crippen molar-refractivity contribution >= 4 is 23.8 Å². The Balaban J connectivity index is 4.77. The molecular weight excluding hydrogens is 248 g/mol. The van der Waals surface area contributed by atoms with Gasteiger partial charge >= 0.3 is 17.9 Å². The van der Waals surface area contributed by atoms with Gasteiger partial charge in [0.05, 0.1) is 6.61 Å². The molecule has 0 aromatic heterocycles. The van der Waals surface area contributed by atoms with Crippen LogP contribution >= 0.6 is 0 Å². The van der Waals surface area contributed by atoms with Gasteiger partial charge < -0.3 is 25.6 Å². The molecule has 0 fully saturated rings. The Morgan fingerprint density at radius 1 is 1.17 bits per heavy atom. The van der Waals surface area contributed by atoms with Gasteiger partial charge in [0.25, 0.3) is 5.91 Å². The van der Waals surface area contributed by atoms with Gasteiger partial charge in [-0.25, -0.2) is 4.79 Å². The van der Waals surface area contributed by atoms with Gasteiger partial charge in [0, 0.05) is 0 Å². The highest BCUT2D eigenvalue weighted by Crippen LogP contribution is 1.97. The van der Waals surface area contributed by atoms with Crippen molar-refractivity contribution in [3.8, 4) is 0 Å². The zero-order valence-electron chi connectivity index (χ0n) is 9.66. The minimum atomic E-state index is -1.73. The van der Waals surface area contributed by atoms with Gasteiger partial charge in [-0.2, -0.15) is 0 Å². The van der Waals surface area contributed by atoms with Crippen LogP contribution in [0.2, 0.25) is 0 Å². The molecule has 18 heavy (non-hydrogen) atoms. The van der Waals surface area contributed by atoms with E-state index >= 15 is 0 Å². The van der Waals surface area contributed by atoms with Crippen LogP contribution in [0.4, 0.5) is 0 Å². The van der Waals surface area contributed by atoms with E-state index in [-0.39, 0.29) is 6.61 Å². The zero-order chi connectivity index (χ0) is 14.3. The third kappa shape index (κ3) is 5.25. The smallest absolute Gasteiger partial charge is 0.332 e. The number of ether oxygens (including phenoxy) is 1. The summed E-state index contributed by atoms with van der Waals surface area (Å²) < 4.78 is 4.48. The summed E-state index contributed by atoms with van der Waals surface area (Å²) in [6.07, 6.45) is 0. The number of esters is 1. The second kappa shape index (κ2) is 7.22. The number of aliphatic carboxylic acids is 2. The lowest BCUT2D eigenvalue weighted by molar-refractivity contribution is -0.156. The van der Waals surface area contributed by atoms with Crippen LogP contribution < -0.4 is 5.73 Å². The predicted molar refractivity (Wildman–Crippen MR) is 56.5 cm³/mol. The Morgan fingerprint density at radius 3 is 1.94 bits per heavy atom. The molecule has 0 saturated heterocycles. The van der Waals surface area contributed by atoms with Gasteiger partial charge in [-0.1, -0.05) is 0 Å². The summed E-state index contributed by atoms with van der Waals surface area (Å²) in [6.45, 7) is -0.227. The highest BCUT2D eigenvalue weighted by atomic mass is 16.5. The third-order valence-electron chi connectivity index (χ3n) is 1.77. The molecular formula is C9H14N2O7. The monoisotopic (exact) mass is 262 g/mol. The Hall–Kier alpha value is -2.16. The molecule has 0 aromatic carbocycles. The molecule has 0 heterocycles. The summed E-state index contributed by atoms with van der Waals surface area (Å²) in [6, 6.07) is -1.73. The first-order valence-corrected chi connectivity index (χ1v) is 4.94. The largest absolute Gasteiger partial charge is 0.480 e. The van der Waals surface area contributed by atoms with Crippen molar-refractivity contribution < 1.29 is 34.1 Å². The first kappa shape index (κ1) is 15.8. The first-order valence-electron chi connectivity index (χ1n) is 4.94. The number of amides is 1. The fraction of sp³-hybridized carbons (Fsp3) is 0.556. The van der Waals surface area contributed by atoms with Gasteiger partial charge in [0.15, 0.2) is 6.04 Å². The van der Waals surface area contributed by atoms with E-state index in [1.165, 1.54) is 6.92 Å². The number of carboxylic acid groups (broad SMARTS) is 2. The summed E-state index contributed by atoms with van der Waals surface area (Å²) in [4.78, 5) is 44.2. The quantitative estimate of drug-likeness (QED) is 0.348. The molecule has 9 heteroatoms. The second-order valence-corrected chi connectivity index (χ2v) is 3.21. The summed E-state index contributed by atoms with van der Waals surface area (Å²) >= 11 is 0. The standard InChI is InChI=1S/C9H14N2O7/c1-2-18-9(17)7(10)8(16)11(3-5(12)13)4-6(14)15/h7H,2-4,10H2,1H3,(H,12,13)(H,14,15). The van der Waals surface area contributed by atoms with E-state index in [0.29, 0.717) is 4.90 Å². The van der Waals surface area contributed by atoms with Crippen molar-refractivity contribution in [2.24, 2.45) is 5.73 Å². The number of rotatable bonds is 7. The van der Waals surface area contributed by atoms with Crippen molar-refractivity contribution in [3.05, 3.63) is 0 Å². The molecule has 102 valence electrons. The van der Waals surface area contributed by atoms with Crippen molar-refractivity contribution in [1.82, 2.24) is 4.90 Å². The van der Waals surface area contributed by atoms with Crippen LogP contribution in [0.5, 0.6) is 0 Å². The van der Waals surface area contributed by atoms with Crippen LogP contribution in [0.25, 0.3) is 0 Å². The number of carboxylic acids is 2. The number of hydrogen-bond donors (Lipinski definition) is 3. The van der Waals surface area contributed by atoms with E-state index in [4.69, 9.17) is 15.9 Å². The van der Waals surface area contributed by atoms with Gasteiger partial charge in [-0.15, -0.1) is 0 Å². The molecule has 0 spiro atoms. The topological polar surface area (TPSA) is 147 Å². The maximum absolute atomic E-state index is 11.6. The molecule has 0 bridgehead atoms. The molecule has 9 nitrogen and oxygen atoms in total. The maximum Gasteiger partial charge on any atom is 0.332 e. The maximum atomic E-state index is 11.6. The fourth-order valence-electron chi connectivity index (χ4n) is 1.07. The molecule has 1 unspecified atom stereocenters. The summed E-state index contributed by atoms with van der Waals surface area (Å²) in [5, 5.41) is 17.1. The van der Waals surface area contributed by atoms with Gasteiger partial charge in [0.2, 0.25) is 0 Å². The van der Waals surface area contributed by atoms with Crippen LogP contribution in [0.3, 0.4) is 0 Å². The third-order valence-corrected chi connectivity index (χ3v) is 1.77. The molecule has 1 atom stereocenters. The van der Waals surface area contributed by atoms with Crippen molar-refractivity contribution in [2.75, 3.05) is 19.7 Å². The van der Waals surface area contributed by atoms with E-state index < -0.39 is 42.9 Å². The molecule has 4 N–H and O–H groups in total. The minimum absolute atomic E-state index is 0.00231. The van der Waals surface area contributed by atoms with Crippen LogP contribution in [0.15, 0.2) is 0 Å². The van der Waals surface area contributed by atoms with E-state index in [2.05, 4.69) is 4.74 Å². The van der Waals surface area contributed by atoms with Crippen molar-refractivity contribution in [1.29, 1.82) is 0 Å². The fourth-order valence-corrected chi connectivity index (χ4v) is 1.07. The molecule has 0 saturated carbocycles. The minimum Gasteiger partial charge on any atom is -0.480 e. The SMILES string of the molecule is CCOC(=O)C(N)C(=O)N(CC(=O)O)CC(=O)O. The number of nitrogens with zero attached hydrogens (tertiary/aromatic N) is 1. The predicted octanol–water partition coefficient (Wildman–Crippen LogP) is -2.13. The second-order valence-electron chi connectivity index (χ2n) is 3.21. The number of hydrogen-bond acceptors (Lipinski definition) is 6. The lowest BCUT2D eigenvalue weighted by atomic mass is 10.2. The highest BCUT2D eigenvalue weighted by molar-refractivity contribution is 6.03. The summed E-state index contributed by atoms with van der Waals surface area (Å²) in [5.41, 5.74) is 5.25. The number of carbonyl (C=O) groups is 4. The molecule has 1 amide bonds. The molecule has 0 aliphatic carbocycles. The van der Waals surface area contributed by atoms with Gasteiger partial charge in [-0.05, 0) is 6.92 Å². The van der Waals surface area contributed by atoms with Crippen molar-refractivity contribution in [2.45, 2.75) is 13.0 Å². The number of carbonyl (C=O) groups excluding carboxylic acids is 2. The average Bonchev–Trinajstić information content (AvgIpc) is 2.25. The van der Waals surface area contributed by atoms with E-state index in [0.717, 1.165) is 0 Å². The summed E-state index contributed by atoms with van der Waals surface area (Å²) in [5.74, 6) is -4.98. The van der Waals surface area contributed by atoms with E-state index in [9.17, 15) is 19.2 Å². The van der Waals surface area contributed by atoms with Gasteiger partial charge in [-0.3, -0.25) is 14.4 Å². The first-order chi connectivity index (χ1) is 8.29. The molecule has 0 aliphatic rings. The molecule has 0 rings (SSSR count). The van der Waals surface area contributed by atoms with E-state index in [1.807, 2.05) is 0 Å². The van der Waals surface area contributed by atoms with Crippen LogP contribution in [0.1, 0.15) is 6.92 Å².